The molecule has 0 spiro atoms. The van der Waals surface area contributed by atoms with E-state index in [1.807, 2.05) is 24.3 Å². The number of furan rings is 1. The van der Waals surface area contributed by atoms with E-state index < -0.39 is 0 Å². The van der Waals surface area contributed by atoms with Gasteiger partial charge in [-0.2, -0.15) is 0 Å². The molecule has 0 aliphatic heterocycles. The van der Waals surface area contributed by atoms with Crippen molar-refractivity contribution in [2.45, 2.75) is 19.3 Å². The summed E-state index contributed by atoms with van der Waals surface area (Å²) in [6, 6.07) is 11.0. The van der Waals surface area contributed by atoms with E-state index in [1.54, 1.807) is 19.2 Å². The Kier molecular flexibility index (Phi) is 5.77. The van der Waals surface area contributed by atoms with Crippen LogP contribution in [0.2, 0.25) is 0 Å². The maximum Gasteiger partial charge on any atom is 0.220 e. The summed E-state index contributed by atoms with van der Waals surface area (Å²) >= 11 is 0. The standard InChI is InChI=1S/C17H19NO4/c1-21-14-6-4-13(5-7-14)10-11-18-17(20)9-8-15(19)16-3-2-12-22-16/h2-7,12H,8-11H2,1H3,(H,18,20). The maximum atomic E-state index is 11.7. The minimum atomic E-state index is -0.157. The normalized spacial score (nSPS) is 10.2. The number of methoxy groups -OCH3 is 1. The van der Waals surface area contributed by atoms with Gasteiger partial charge in [-0.3, -0.25) is 9.59 Å². The van der Waals surface area contributed by atoms with Crippen LogP contribution in [0.1, 0.15) is 29.0 Å². The van der Waals surface area contributed by atoms with E-state index in [9.17, 15) is 9.59 Å². The second kappa shape index (κ2) is 8.02. The fraction of sp³-hybridized carbons (Fsp3) is 0.294. The zero-order valence-corrected chi connectivity index (χ0v) is 12.5. The predicted molar refractivity (Wildman–Crippen MR) is 82.0 cm³/mol. The van der Waals surface area contributed by atoms with Crippen molar-refractivity contribution in [2.75, 3.05) is 13.7 Å². The largest absolute Gasteiger partial charge is 0.497 e. The highest BCUT2D eigenvalue weighted by atomic mass is 16.5. The van der Waals surface area contributed by atoms with Gasteiger partial charge in [0.25, 0.3) is 0 Å². The summed E-state index contributed by atoms with van der Waals surface area (Å²) < 4.78 is 10.1. The molecule has 0 unspecified atom stereocenters. The van der Waals surface area contributed by atoms with Gasteiger partial charge in [-0.05, 0) is 36.2 Å². The Morgan fingerprint density at radius 3 is 2.55 bits per heavy atom. The lowest BCUT2D eigenvalue weighted by Gasteiger charge is -2.06. The lowest BCUT2D eigenvalue weighted by atomic mass is 10.1. The van der Waals surface area contributed by atoms with Crippen molar-refractivity contribution >= 4 is 11.7 Å². The molecule has 5 nitrogen and oxygen atoms in total. The number of hydrogen-bond donors (Lipinski definition) is 1. The molecule has 1 amide bonds. The quantitative estimate of drug-likeness (QED) is 0.761. The number of Topliss-reactive ketones (excluding diaryl/α,β-unsaturated/α-hetero) is 1. The molecule has 1 heterocycles. The lowest BCUT2D eigenvalue weighted by molar-refractivity contribution is -0.121. The van der Waals surface area contributed by atoms with E-state index in [0.717, 1.165) is 17.7 Å². The Labute approximate surface area is 129 Å². The van der Waals surface area contributed by atoms with Crippen molar-refractivity contribution in [2.24, 2.45) is 0 Å². The van der Waals surface area contributed by atoms with E-state index >= 15 is 0 Å². The van der Waals surface area contributed by atoms with Gasteiger partial charge in [0.05, 0.1) is 13.4 Å². The van der Waals surface area contributed by atoms with Gasteiger partial charge < -0.3 is 14.5 Å². The minimum absolute atomic E-state index is 0.131. The number of hydrogen-bond acceptors (Lipinski definition) is 4. The SMILES string of the molecule is COc1ccc(CCNC(=O)CCC(=O)c2ccco2)cc1. The van der Waals surface area contributed by atoms with Crippen LogP contribution in [0.5, 0.6) is 5.75 Å². The van der Waals surface area contributed by atoms with E-state index in [4.69, 9.17) is 9.15 Å². The molecule has 0 aliphatic rings. The molecular formula is C17H19NO4. The molecule has 5 heteroatoms. The fourth-order valence-corrected chi connectivity index (χ4v) is 2.01. The average molecular weight is 301 g/mol. The molecule has 0 bridgehead atoms. The third-order valence-corrected chi connectivity index (χ3v) is 3.27. The number of carbonyl (C=O) groups excluding carboxylic acids is 2. The second-order valence-corrected chi connectivity index (χ2v) is 4.85. The zero-order valence-electron chi connectivity index (χ0n) is 12.5. The Morgan fingerprint density at radius 2 is 1.91 bits per heavy atom. The van der Waals surface area contributed by atoms with Crippen molar-refractivity contribution < 1.29 is 18.7 Å². The monoisotopic (exact) mass is 301 g/mol. The Morgan fingerprint density at radius 1 is 1.14 bits per heavy atom. The molecule has 0 saturated heterocycles. The van der Waals surface area contributed by atoms with Gasteiger partial charge in [-0.25, -0.2) is 0 Å². The topological polar surface area (TPSA) is 68.5 Å². The first-order chi connectivity index (χ1) is 10.7. The molecule has 2 rings (SSSR count). The van der Waals surface area contributed by atoms with E-state index in [-0.39, 0.29) is 24.5 Å². The lowest BCUT2D eigenvalue weighted by Crippen LogP contribution is -2.26. The van der Waals surface area contributed by atoms with Crippen LogP contribution in [0.3, 0.4) is 0 Å². The third-order valence-electron chi connectivity index (χ3n) is 3.27. The van der Waals surface area contributed by atoms with Crippen molar-refractivity contribution in [3.05, 3.63) is 54.0 Å². The molecule has 1 aromatic carbocycles. The van der Waals surface area contributed by atoms with Crippen LogP contribution in [0, 0.1) is 0 Å². The summed E-state index contributed by atoms with van der Waals surface area (Å²) in [7, 11) is 1.62. The maximum absolute atomic E-state index is 11.7. The fourth-order valence-electron chi connectivity index (χ4n) is 2.01. The number of rotatable bonds is 8. The molecule has 0 atom stereocenters. The number of ether oxygens (including phenoxy) is 1. The molecule has 0 radical (unpaired) electrons. The number of carbonyl (C=O) groups is 2. The van der Waals surface area contributed by atoms with Crippen LogP contribution in [-0.2, 0) is 11.2 Å². The van der Waals surface area contributed by atoms with Crippen LogP contribution in [0.25, 0.3) is 0 Å². The third kappa shape index (κ3) is 4.77. The molecule has 0 saturated carbocycles. The van der Waals surface area contributed by atoms with Gasteiger partial charge in [-0.1, -0.05) is 12.1 Å². The molecule has 116 valence electrons. The molecule has 1 aromatic heterocycles. The van der Waals surface area contributed by atoms with Gasteiger partial charge >= 0.3 is 0 Å². The summed E-state index contributed by atoms with van der Waals surface area (Å²) in [4.78, 5) is 23.4. The molecule has 2 aromatic rings. The first-order valence-electron chi connectivity index (χ1n) is 7.15. The number of amides is 1. The van der Waals surface area contributed by atoms with Gasteiger partial charge in [0.2, 0.25) is 5.91 Å². The van der Waals surface area contributed by atoms with Gasteiger partial charge in [-0.15, -0.1) is 0 Å². The van der Waals surface area contributed by atoms with Crippen molar-refractivity contribution in [3.8, 4) is 5.75 Å². The summed E-state index contributed by atoms with van der Waals surface area (Å²) in [5.41, 5.74) is 1.12. The van der Waals surface area contributed by atoms with Crippen molar-refractivity contribution in [1.29, 1.82) is 0 Å². The van der Waals surface area contributed by atoms with E-state index in [2.05, 4.69) is 5.32 Å². The van der Waals surface area contributed by atoms with Crippen molar-refractivity contribution in [3.63, 3.8) is 0 Å². The number of nitrogens with one attached hydrogen (secondary N) is 1. The average Bonchev–Trinajstić information content (AvgIpc) is 3.08. The highest BCUT2D eigenvalue weighted by molar-refractivity contribution is 5.95. The number of ketones is 1. The summed E-state index contributed by atoms with van der Waals surface area (Å²) in [5, 5.41) is 2.81. The predicted octanol–water partition coefficient (Wildman–Crippen LogP) is 2.61. The Bertz CT molecular complexity index is 602. The van der Waals surface area contributed by atoms with Crippen LogP contribution >= 0.6 is 0 Å². The Balaban J connectivity index is 1.66. The van der Waals surface area contributed by atoms with Gasteiger partial charge in [0, 0.05) is 19.4 Å². The Hall–Kier alpha value is -2.56. The second-order valence-electron chi connectivity index (χ2n) is 4.85. The van der Waals surface area contributed by atoms with E-state index in [1.165, 1.54) is 6.26 Å². The van der Waals surface area contributed by atoms with Crippen LogP contribution in [0.4, 0.5) is 0 Å². The zero-order chi connectivity index (χ0) is 15.8. The highest BCUT2D eigenvalue weighted by Gasteiger charge is 2.11. The smallest absolute Gasteiger partial charge is 0.220 e. The summed E-state index contributed by atoms with van der Waals surface area (Å²) in [6.07, 6.45) is 2.51. The summed E-state index contributed by atoms with van der Waals surface area (Å²) in [6.45, 7) is 0.542. The molecule has 0 fully saturated rings. The van der Waals surface area contributed by atoms with Crippen LogP contribution in [-0.4, -0.2) is 25.3 Å². The van der Waals surface area contributed by atoms with Crippen LogP contribution < -0.4 is 10.1 Å². The van der Waals surface area contributed by atoms with Gasteiger partial charge in [0.1, 0.15) is 5.75 Å². The first-order valence-corrected chi connectivity index (χ1v) is 7.15. The van der Waals surface area contributed by atoms with Crippen LogP contribution in [0.15, 0.2) is 47.1 Å². The van der Waals surface area contributed by atoms with E-state index in [0.29, 0.717) is 12.3 Å². The first kappa shape index (κ1) is 15.8. The van der Waals surface area contributed by atoms with Crippen molar-refractivity contribution in [1.82, 2.24) is 5.32 Å². The summed E-state index contributed by atoms with van der Waals surface area (Å²) in [5.74, 6) is 0.818. The molecule has 0 aliphatic carbocycles. The highest BCUT2D eigenvalue weighted by Crippen LogP contribution is 2.11. The van der Waals surface area contributed by atoms with Gasteiger partial charge in [0.15, 0.2) is 11.5 Å². The molecule has 1 N–H and O–H groups in total. The molecular weight excluding hydrogens is 282 g/mol. The number of benzene rings is 1. The minimum Gasteiger partial charge on any atom is -0.497 e. The molecule has 22 heavy (non-hydrogen) atoms.